The second-order valence-corrected chi connectivity index (χ2v) is 9.11. The van der Waals surface area contributed by atoms with Gasteiger partial charge in [-0.15, -0.1) is 0 Å². The molecule has 1 fully saturated rings. The molecular formula is C27H31N5O. The molecule has 0 spiro atoms. The van der Waals surface area contributed by atoms with E-state index < -0.39 is 0 Å². The molecule has 1 unspecified atom stereocenters. The van der Waals surface area contributed by atoms with Crippen molar-refractivity contribution in [3.8, 4) is 0 Å². The standard InChI is InChI=1S/C27H31N5O/c1-19-10-11-24-23(17-19)26(12-14-28-24)31-15-5-7-21(18-31)27(33)29-13-6-16-32-20(2)22-8-3-4-9-25(22)30-32/h3-4,8-12,14,17,21H,5-7,13,15-16,18H2,1-2H3,(H,29,33). The van der Waals surface area contributed by atoms with E-state index in [9.17, 15) is 4.79 Å². The quantitative estimate of drug-likeness (QED) is 0.443. The van der Waals surface area contributed by atoms with Crippen molar-refractivity contribution in [2.24, 2.45) is 5.92 Å². The van der Waals surface area contributed by atoms with Gasteiger partial charge in [0.05, 0.1) is 17.0 Å². The Morgan fingerprint density at radius 2 is 1.97 bits per heavy atom. The normalized spacial score (nSPS) is 16.4. The first-order chi connectivity index (χ1) is 16.1. The molecule has 170 valence electrons. The lowest BCUT2D eigenvalue weighted by atomic mass is 9.96. The molecule has 33 heavy (non-hydrogen) atoms. The minimum atomic E-state index is 0.0146. The van der Waals surface area contributed by atoms with Crippen molar-refractivity contribution < 1.29 is 4.79 Å². The fourth-order valence-electron chi connectivity index (χ4n) is 4.94. The fraction of sp³-hybridized carbons (Fsp3) is 0.370. The molecule has 3 heterocycles. The summed E-state index contributed by atoms with van der Waals surface area (Å²) >= 11 is 0. The number of carbonyl (C=O) groups excluding carboxylic acids is 1. The third-order valence-corrected chi connectivity index (χ3v) is 6.76. The minimum Gasteiger partial charge on any atom is -0.370 e. The van der Waals surface area contributed by atoms with Crippen LogP contribution in [0.25, 0.3) is 21.8 Å². The number of aromatic nitrogens is 3. The number of nitrogens with zero attached hydrogens (tertiary/aromatic N) is 4. The summed E-state index contributed by atoms with van der Waals surface area (Å²) in [6.07, 6.45) is 4.70. The van der Waals surface area contributed by atoms with Crippen LogP contribution in [0.4, 0.5) is 5.69 Å². The number of hydrogen-bond acceptors (Lipinski definition) is 4. The van der Waals surface area contributed by atoms with Gasteiger partial charge in [0.1, 0.15) is 0 Å². The van der Waals surface area contributed by atoms with Gasteiger partial charge in [0.15, 0.2) is 0 Å². The van der Waals surface area contributed by atoms with Gasteiger partial charge in [-0.05, 0) is 57.4 Å². The first-order valence-corrected chi connectivity index (χ1v) is 11.9. The van der Waals surface area contributed by atoms with Crippen LogP contribution in [0.1, 0.15) is 30.5 Å². The van der Waals surface area contributed by atoms with E-state index in [1.807, 2.05) is 24.4 Å². The van der Waals surface area contributed by atoms with Crippen molar-refractivity contribution in [3.63, 3.8) is 0 Å². The van der Waals surface area contributed by atoms with Gasteiger partial charge in [0.25, 0.3) is 0 Å². The highest BCUT2D eigenvalue weighted by Crippen LogP contribution is 2.30. The lowest BCUT2D eigenvalue weighted by Crippen LogP contribution is -2.43. The van der Waals surface area contributed by atoms with Gasteiger partial charge < -0.3 is 10.2 Å². The summed E-state index contributed by atoms with van der Waals surface area (Å²) in [7, 11) is 0. The van der Waals surface area contributed by atoms with Crippen molar-refractivity contribution in [1.82, 2.24) is 20.1 Å². The molecule has 0 radical (unpaired) electrons. The zero-order valence-electron chi connectivity index (χ0n) is 19.4. The van der Waals surface area contributed by atoms with Crippen LogP contribution < -0.4 is 10.2 Å². The van der Waals surface area contributed by atoms with Crippen LogP contribution in [0.2, 0.25) is 0 Å². The molecule has 6 nitrogen and oxygen atoms in total. The van der Waals surface area contributed by atoms with E-state index >= 15 is 0 Å². The first kappa shape index (κ1) is 21.4. The Balaban J connectivity index is 1.18. The van der Waals surface area contributed by atoms with E-state index in [0.29, 0.717) is 6.54 Å². The number of anilines is 1. The maximum Gasteiger partial charge on any atom is 0.224 e. The van der Waals surface area contributed by atoms with Gasteiger partial charge in [0.2, 0.25) is 5.91 Å². The Morgan fingerprint density at radius 3 is 2.85 bits per heavy atom. The number of benzene rings is 2. The van der Waals surface area contributed by atoms with E-state index in [4.69, 9.17) is 0 Å². The van der Waals surface area contributed by atoms with Gasteiger partial charge in [0, 0.05) is 54.5 Å². The molecule has 2 aromatic heterocycles. The third-order valence-electron chi connectivity index (χ3n) is 6.76. The van der Waals surface area contributed by atoms with Gasteiger partial charge >= 0.3 is 0 Å². The van der Waals surface area contributed by atoms with Crippen molar-refractivity contribution in [2.45, 2.75) is 39.7 Å². The highest BCUT2D eigenvalue weighted by atomic mass is 16.1. The molecule has 1 atom stereocenters. The summed E-state index contributed by atoms with van der Waals surface area (Å²) in [5.41, 5.74) is 5.62. The Labute approximate surface area is 194 Å². The molecule has 0 aliphatic carbocycles. The SMILES string of the molecule is Cc1ccc2nccc(N3CCCC(C(=O)NCCCn4nc5ccccc5c4C)C3)c2c1. The number of nitrogens with one attached hydrogen (secondary N) is 1. The van der Waals surface area contributed by atoms with Crippen LogP contribution in [-0.2, 0) is 11.3 Å². The van der Waals surface area contributed by atoms with E-state index in [1.54, 1.807) is 0 Å². The van der Waals surface area contributed by atoms with Crippen LogP contribution in [0.15, 0.2) is 54.7 Å². The first-order valence-electron chi connectivity index (χ1n) is 11.9. The predicted octanol–water partition coefficient (Wildman–Crippen LogP) is 4.62. The molecule has 1 N–H and O–H groups in total. The number of amides is 1. The van der Waals surface area contributed by atoms with E-state index in [1.165, 1.54) is 27.7 Å². The second kappa shape index (κ2) is 9.22. The third kappa shape index (κ3) is 4.42. The average Bonchev–Trinajstić information content (AvgIpc) is 3.17. The Morgan fingerprint density at radius 1 is 1.09 bits per heavy atom. The molecule has 5 rings (SSSR count). The molecule has 6 heteroatoms. The van der Waals surface area contributed by atoms with Crippen LogP contribution >= 0.6 is 0 Å². The molecule has 2 aromatic carbocycles. The smallest absolute Gasteiger partial charge is 0.224 e. The van der Waals surface area contributed by atoms with E-state index in [2.05, 4.69) is 69.2 Å². The van der Waals surface area contributed by atoms with Crippen molar-refractivity contribution >= 4 is 33.4 Å². The number of aryl methyl sites for hydroxylation is 3. The highest BCUT2D eigenvalue weighted by Gasteiger charge is 2.26. The van der Waals surface area contributed by atoms with E-state index in [-0.39, 0.29) is 11.8 Å². The summed E-state index contributed by atoms with van der Waals surface area (Å²) in [5.74, 6) is 0.178. The van der Waals surface area contributed by atoms with Crippen LogP contribution in [0.5, 0.6) is 0 Å². The molecule has 1 aliphatic heterocycles. The van der Waals surface area contributed by atoms with Crippen LogP contribution in [-0.4, -0.2) is 40.3 Å². The number of rotatable bonds is 6. The molecule has 1 aliphatic rings. The van der Waals surface area contributed by atoms with Gasteiger partial charge in [-0.2, -0.15) is 5.10 Å². The predicted molar refractivity (Wildman–Crippen MR) is 134 cm³/mol. The highest BCUT2D eigenvalue weighted by molar-refractivity contribution is 5.92. The van der Waals surface area contributed by atoms with Crippen LogP contribution in [0.3, 0.4) is 0 Å². The molecule has 4 aromatic rings. The van der Waals surface area contributed by atoms with Gasteiger partial charge in [-0.1, -0.05) is 29.8 Å². The molecule has 1 saturated heterocycles. The summed E-state index contributed by atoms with van der Waals surface area (Å²) in [6.45, 7) is 7.42. The molecule has 0 saturated carbocycles. The number of carbonyl (C=O) groups is 1. The summed E-state index contributed by atoms with van der Waals surface area (Å²) in [4.78, 5) is 19.8. The molecule has 0 bridgehead atoms. The van der Waals surface area contributed by atoms with Crippen molar-refractivity contribution in [1.29, 1.82) is 0 Å². The number of piperidine rings is 1. The maximum absolute atomic E-state index is 12.9. The largest absolute Gasteiger partial charge is 0.370 e. The Hall–Kier alpha value is -3.41. The van der Waals surface area contributed by atoms with E-state index in [0.717, 1.165) is 49.9 Å². The van der Waals surface area contributed by atoms with Gasteiger partial charge in [-0.3, -0.25) is 14.5 Å². The van der Waals surface area contributed by atoms with Gasteiger partial charge in [-0.25, -0.2) is 0 Å². The zero-order valence-corrected chi connectivity index (χ0v) is 19.4. The topological polar surface area (TPSA) is 63.1 Å². The monoisotopic (exact) mass is 441 g/mol. The Kier molecular flexibility index (Phi) is 5.99. The zero-order chi connectivity index (χ0) is 22.8. The average molecular weight is 442 g/mol. The molecular weight excluding hydrogens is 410 g/mol. The van der Waals surface area contributed by atoms with Crippen LogP contribution in [0, 0.1) is 19.8 Å². The maximum atomic E-state index is 12.9. The summed E-state index contributed by atoms with van der Waals surface area (Å²) < 4.78 is 2.05. The summed E-state index contributed by atoms with van der Waals surface area (Å²) in [5, 5.41) is 10.2. The second-order valence-electron chi connectivity index (χ2n) is 9.11. The number of fused-ring (bicyclic) bond motifs is 2. The molecule has 1 amide bonds. The minimum absolute atomic E-state index is 0.0146. The number of hydrogen-bond donors (Lipinski definition) is 1. The lowest BCUT2D eigenvalue weighted by Gasteiger charge is -2.34. The Bertz CT molecular complexity index is 1290. The fourth-order valence-corrected chi connectivity index (χ4v) is 4.94. The van der Waals surface area contributed by atoms with Crippen molar-refractivity contribution in [2.75, 3.05) is 24.5 Å². The lowest BCUT2D eigenvalue weighted by molar-refractivity contribution is -0.125. The number of pyridine rings is 1. The summed E-state index contributed by atoms with van der Waals surface area (Å²) in [6, 6.07) is 16.7. The van der Waals surface area contributed by atoms with Crippen molar-refractivity contribution in [3.05, 3.63) is 66.0 Å².